The van der Waals surface area contributed by atoms with Gasteiger partial charge in [0.1, 0.15) is 10.0 Å². The number of sulfonamides is 1. The van der Waals surface area contributed by atoms with Gasteiger partial charge < -0.3 is 9.88 Å². The zero-order valence-electron chi connectivity index (χ0n) is 17.1. The Balaban J connectivity index is 1.54. The van der Waals surface area contributed by atoms with Crippen LogP contribution in [0.3, 0.4) is 0 Å². The second-order valence-corrected chi connectivity index (χ2v) is 9.87. The molecule has 0 spiro atoms. The van der Waals surface area contributed by atoms with Gasteiger partial charge in [-0.3, -0.25) is 9.52 Å². The summed E-state index contributed by atoms with van der Waals surface area (Å²) in [4.78, 5) is 17.5. The van der Waals surface area contributed by atoms with Gasteiger partial charge in [0.15, 0.2) is 0 Å². The number of carbonyl (C=O) groups excluding carboxylic acids is 1. The normalized spacial score (nSPS) is 12.6. The maximum atomic E-state index is 12.9. The van der Waals surface area contributed by atoms with Gasteiger partial charge in [-0.15, -0.1) is 11.3 Å². The lowest BCUT2D eigenvalue weighted by atomic mass is 10.1. The van der Waals surface area contributed by atoms with Crippen molar-refractivity contribution in [3.8, 4) is 0 Å². The highest BCUT2D eigenvalue weighted by molar-refractivity contribution is 7.94. The van der Waals surface area contributed by atoms with Crippen LogP contribution in [-0.2, 0) is 16.6 Å². The van der Waals surface area contributed by atoms with Crippen molar-refractivity contribution in [3.05, 3.63) is 77.4 Å². The lowest BCUT2D eigenvalue weighted by molar-refractivity contribution is 0.0937. The molecule has 7 nitrogen and oxygen atoms in total. The van der Waals surface area contributed by atoms with E-state index in [0.29, 0.717) is 11.3 Å². The number of thiophene rings is 1. The summed E-state index contributed by atoms with van der Waals surface area (Å²) in [7, 11) is -3.68. The Morgan fingerprint density at radius 1 is 1.13 bits per heavy atom. The molecule has 0 fully saturated rings. The van der Waals surface area contributed by atoms with E-state index in [1.807, 2.05) is 38.1 Å². The minimum absolute atomic E-state index is 0.217. The maximum absolute atomic E-state index is 12.9. The SMILES string of the molecule is CCn1c(C(C)NC(=O)c2cccc(NS(=O)(=O)c3cccs3)c2)nc2ccccc21. The lowest BCUT2D eigenvalue weighted by Crippen LogP contribution is -2.28. The van der Waals surface area contributed by atoms with Crippen LogP contribution in [-0.4, -0.2) is 23.9 Å². The summed E-state index contributed by atoms with van der Waals surface area (Å²) in [5.74, 6) is 0.464. The summed E-state index contributed by atoms with van der Waals surface area (Å²) in [5.41, 5.74) is 2.59. The average molecular weight is 455 g/mol. The molecule has 1 unspecified atom stereocenters. The molecule has 0 radical (unpaired) electrons. The summed E-state index contributed by atoms with van der Waals surface area (Å²) in [6, 6.07) is 17.2. The Hall–Kier alpha value is -3.17. The van der Waals surface area contributed by atoms with E-state index in [1.54, 1.807) is 29.6 Å². The summed E-state index contributed by atoms with van der Waals surface area (Å²) in [5, 5.41) is 4.67. The number of hydrogen-bond acceptors (Lipinski definition) is 5. The Kier molecular flexibility index (Phi) is 5.79. The van der Waals surface area contributed by atoms with Gasteiger partial charge in [-0.25, -0.2) is 13.4 Å². The summed E-state index contributed by atoms with van der Waals surface area (Å²) < 4.78 is 29.7. The molecule has 2 aromatic carbocycles. The number of aryl methyl sites for hydroxylation is 1. The number of hydrogen-bond donors (Lipinski definition) is 2. The smallest absolute Gasteiger partial charge is 0.271 e. The number of fused-ring (bicyclic) bond motifs is 1. The fourth-order valence-electron chi connectivity index (χ4n) is 3.45. The quantitative estimate of drug-likeness (QED) is 0.433. The number of rotatable bonds is 7. The average Bonchev–Trinajstić information content (AvgIpc) is 3.42. The first-order chi connectivity index (χ1) is 14.9. The molecule has 2 heterocycles. The van der Waals surface area contributed by atoms with Gasteiger partial charge >= 0.3 is 0 Å². The highest BCUT2D eigenvalue weighted by atomic mass is 32.2. The maximum Gasteiger partial charge on any atom is 0.271 e. The number of aromatic nitrogens is 2. The van der Waals surface area contributed by atoms with Crippen molar-refractivity contribution in [1.82, 2.24) is 14.9 Å². The van der Waals surface area contributed by atoms with Crippen molar-refractivity contribution in [2.45, 2.75) is 30.6 Å². The molecule has 1 amide bonds. The highest BCUT2D eigenvalue weighted by Gasteiger charge is 2.19. The first-order valence-corrected chi connectivity index (χ1v) is 12.2. The van der Waals surface area contributed by atoms with Crippen LogP contribution in [0, 0.1) is 0 Å². The molecule has 0 saturated carbocycles. The van der Waals surface area contributed by atoms with Gasteiger partial charge in [0.2, 0.25) is 0 Å². The van der Waals surface area contributed by atoms with Crippen LogP contribution < -0.4 is 10.0 Å². The first kappa shape index (κ1) is 21.1. The van der Waals surface area contributed by atoms with Gasteiger partial charge in [0.05, 0.1) is 17.1 Å². The summed E-state index contributed by atoms with van der Waals surface area (Å²) in [6.45, 7) is 4.65. The molecular weight excluding hydrogens is 432 g/mol. The topological polar surface area (TPSA) is 93.1 Å². The van der Waals surface area contributed by atoms with E-state index < -0.39 is 10.0 Å². The molecule has 4 aromatic rings. The third-order valence-corrected chi connectivity index (χ3v) is 7.65. The molecule has 4 rings (SSSR count). The van der Waals surface area contributed by atoms with Gasteiger partial charge in [-0.2, -0.15) is 0 Å². The van der Waals surface area contributed by atoms with Crippen LogP contribution in [0.2, 0.25) is 0 Å². The molecule has 2 N–H and O–H groups in total. The van der Waals surface area contributed by atoms with Gasteiger partial charge in [-0.05, 0) is 55.6 Å². The molecule has 31 heavy (non-hydrogen) atoms. The Labute approximate surface area is 184 Å². The van der Waals surface area contributed by atoms with Gasteiger partial charge in [0.25, 0.3) is 15.9 Å². The monoisotopic (exact) mass is 454 g/mol. The molecule has 1 atom stereocenters. The highest BCUT2D eigenvalue weighted by Crippen LogP contribution is 2.23. The van der Waals surface area contributed by atoms with Crippen molar-refractivity contribution in [3.63, 3.8) is 0 Å². The van der Waals surface area contributed by atoms with Crippen molar-refractivity contribution in [1.29, 1.82) is 0 Å². The number of anilines is 1. The molecule has 2 aromatic heterocycles. The molecule has 0 bridgehead atoms. The fraction of sp³-hybridized carbons (Fsp3) is 0.182. The number of amides is 1. The standard InChI is InChI=1S/C22H22N4O3S2/c1-3-26-19-11-5-4-10-18(19)24-21(26)15(2)23-22(27)16-8-6-9-17(14-16)25-31(28,29)20-12-7-13-30-20/h4-15,25H,3H2,1-2H3,(H,23,27). The van der Waals surface area contributed by atoms with E-state index >= 15 is 0 Å². The molecule has 0 saturated heterocycles. The second-order valence-electron chi connectivity index (χ2n) is 7.02. The van der Waals surface area contributed by atoms with Crippen LogP contribution in [0.15, 0.2) is 70.3 Å². The van der Waals surface area contributed by atoms with Crippen molar-refractivity contribution in [2.75, 3.05) is 4.72 Å². The van der Waals surface area contributed by atoms with Crippen LogP contribution in [0.5, 0.6) is 0 Å². The van der Waals surface area contributed by atoms with Crippen molar-refractivity contribution >= 4 is 44.0 Å². The van der Waals surface area contributed by atoms with Crippen LogP contribution in [0.4, 0.5) is 5.69 Å². The predicted molar refractivity (Wildman–Crippen MR) is 123 cm³/mol. The minimum Gasteiger partial charge on any atom is -0.342 e. The zero-order valence-corrected chi connectivity index (χ0v) is 18.7. The predicted octanol–water partition coefficient (Wildman–Crippen LogP) is 4.41. The van der Waals surface area contributed by atoms with E-state index in [-0.39, 0.29) is 16.2 Å². The summed E-state index contributed by atoms with van der Waals surface area (Å²) in [6.07, 6.45) is 0. The zero-order chi connectivity index (χ0) is 22.0. The third kappa shape index (κ3) is 4.33. The first-order valence-electron chi connectivity index (χ1n) is 9.81. The molecule has 0 aliphatic heterocycles. The Morgan fingerprint density at radius 2 is 1.94 bits per heavy atom. The van der Waals surface area contributed by atoms with E-state index in [9.17, 15) is 13.2 Å². The van der Waals surface area contributed by atoms with E-state index in [0.717, 1.165) is 34.7 Å². The number of imidazole rings is 1. The van der Waals surface area contributed by atoms with E-state index in [4.69, 9.17) is 0 Å². The van der Waals surface area contributed by atoms with Crippen LogP contribution in [0.1, 0.15) is 36.1 Å². The number of nitrogens with one attached hydrogen (secondary N) is 2. The van der Waals surface area contributed by atoms with Crippen LogP contribution in [0.25, 0.3) is 11.0 Å². The molecular formula is C22H22N4O3S2. The number of nitrogens with zero attached hydrogens (tertiary/aromatic N) is 2. The third-order valence-electron chi connectivity index (χ3n) is 4.87. The second kappa shape index (κ2) is 8.52. The molecule has 160 valence electrons. The van der Waals surface area contributed by atoms with Crippen LogP contribution >= 0.6 is 11.3 Å². The van der Waals surface area contributed by atoms with Crippen molar-refractivity contribution in [2.24, 2.45) is 0 Å². The largest absolute Gasteiger partial charge is 0.342 e. The lowest BCUT2D eigenvalue weighted by Gasteiger charge is -2.16. The molecule has 9 heteroatoms. The van der Waals surface area contributed by atoms with Gasteiger partial charge in [0, 0.05) is 17.8 Å². The number of carbonyl (C=O) groups is 1. The Bertz CT molecular complexity index is 1330. The minimum atomic E-state index is -3.68. The van der Waals surface area contributed by atoms with Crippen molar-refractivity contribution < 1.29 is 13.2 Å². The van der Waals surface area contributed by atoms with E-state index in [1.165, 1.54) is 12.1 Å². The molecule has 0 aliphatic rings. The van der Waals surface area contributed by atoms with E-state index in [2.05, 4.69) is 19.6 Å². The number of para-hydroxylation sites is 2. The molecule has 0 aliphatic carbocycles. The Morgan fingerprint density at radius 3 is 2.68 bits per heavy atom. The van der Waals surface area contributed by atoms with Gasteiger partial charge in [-0.1, -0.05) is 24.3 Å². The fourth-order valence-corrected chi connectivity index (χ4v) is 5.49. The summed E-state index contributed by atoms with van der Waals surface area (Å²) >= 11 is 1.13. The number of benzene rings is 2.